The van der Waals surface area contributed by atoms with Crippen molar-refractivity contribution in [3.05, 3.63) is 29.0 Å². The van der Waals surface area contributed by atoms with Gasteiger partial charge in [-0.05, 0) is 39.1 Å². The van der Waals surface area contributed by atoms with E-state index in [4.69, 9.17) is 0 Å². The number of hydrogen-bond acceptors (Lipinski definition) is 5. The Morgan fingerprint density at radius 3 is 2.88 bits per heavy atom. The number of rotatable bonds is 5. The van der Waals surface area contributed by atoms with Gasteiger partial charge in [0.1, 0.15) is 10.0 Å². The molecule has 0 fully saturated rings. The van der Waals surface area contributed by atoms with Crippen LogP contribution in [-0.4, -0.2) is 28.8 Å². The third kappa shape index (κ3) is 3.31. The van der Waals surface area contributed by atoms with E-state index in [1.165, 1.54) is 0 Å². The molecule has 1 N–H and O–H groups in total. The van der Waals surface area contributed by atoms with Crippen molar-refractivity contribution in [3.8, 4) is 10.6 Å². The van der Waals surface area contributed by atoms with E-state index in [2.05, 4.69) is 20.5 Å². The van der Waals surface area contributed by atoms with Crippen molar-refractivity contribution in [2.45, 2.75) is 19.8 Å². The Balaban J connectivity index is 2.04. The summed E-state index contributed by atoms with van der Waals surface area (Å²) >= 11 is 1.65. The van der Waals surface area contributed by atoms with Crippen LogP contribution in [0.5, 0.6) is 0 Å². The van der Waals surface area contributed by atoms with Crippen LogP contribution in [0.3, 0.4) is 0 Å². The van der Waals surface area contributed by atoms with Crippen LogP contribution in [0.1, 0.15) is 17.1 Å². The molecule has 0 atom stereocenters. The van der Waals surface area contributed by atoms with Crippen LogP contribution >= 0.6 is 11.3 Å². The Kier molecular flexibility index (Phi) is 4.17. The van der Waals surface area contributed by atoms with Crippen molar-refractivity contribution in [1.29, 1.82) is 0 Å². The average Bonchev–Trinajstić information content (AvgIpc) is 2.79. The molecule has 90 valence electrons. The normalized spacial score (nSPS) is 10.7. The Morgan fingerprint density at radius 1 is 1.29 bits per heavy atom. The molecule has 0 aliphatic rings. The number of nitrogens with one attached hydrogen (secondary N) is 1. The summed E-state index contributed by atoms with van der Waals surface area (Å²) in [5, 5.41) is 13.6. The van der Waals surface area contributed by atoms with Gasteiger partial charge in [0.2, 0.25) is 0 Å². The van der Waals surface area contributed by atoms with E-state index >= 15 is 0 Å². The van der Waals surface area contributed by atoms with Crippen molar-refractivity contribution in [2.75, 3.05) is 13.6 Å². The van der Waals surface area contributed by atoms with Crippen molar-refractivity contribution < 1.29 is 0 Å². The highest BCUT2D eigenvalue weighted by Gasteiger charge is 2.06. The highest BCUT2D eigenvalue weighted by molar-refractivity contribution is 7.14. The zero-order valence-electron chi connectivity index (χ0n) is 10.1. The molecule has 2 heterocycles. The van der Waals surface area contributed by atoms with Gasteiger partial charge in [-0.25, -0.2) is 0 Å². The van der Waals surface area contributed by atoms with Gasteiger partial charge >= 0.3 is 0 Å². The molecule has 0 amide bonds. The monoisotopic (exact) mass is 248 g/mol. The summed E-state index contributed by atoms with van der Waals surface area (Å²) in [5.41, 5.74) is 2.07. The first-order valence-electron chi connectivity index (χ1n) is 5.69. The first kappa shape index (κ1) is 12.1. The molecule has 4 nitrogen and oxygen atoms in total. The summed E-state index contributed by atoms with van der Waals surface area (Å²) in [6, 6.07) is 4.04. The second kappa shape index (κ2) is 5.84. The Labute approximate surface area is 105 Å². The standard InChI is InChI=1S/C12H16N4S/c1-9-5-6-10(8-14-9)12-16-15-11(17-12)4-3-7-13-2/h5-6,8,13H,3-4,7H2,1-2H3. The fourth-order valence-corrected chi connectivity index (χ4v) is 2.35. The van der Waals surface area contributed by atoms with Crippen LogP contribution in [0.4, 0.5) is 0 Å². The van der Waals surface area contributed by atoms with Crippen molar-refractivity contribution in [1.82, 2.24) is 20.5 Å². The number of hydrogen-bond donors (Lipinski definition) is 1. The molecule has 0 saturated carbocycles. The van der Waals surface area contributed by atoms with Crippen molar-refractivity contribution >= 4 is 11.3 Å². The van der Waals surface area contributed by atoms with Crippen LogP contribution in [-0.2, 0) is 6.42 Å². The van der Waals surface area contributed by atoms with Crippen molar-refractivity contribution in [2.24, 2.45) is 0 Å². The van der Waals surface area contributed by atoms with E-state index in [1.807, 2.05) is 32.3 Å². The highest BCUT2D eigenvalue weighted by Crippen LogP contribution is 2.23. The molecule has 0 aromatic carbocycles. The minimum atomic E-state index is 0.956. The quantitative estimate of drug-likeness (QED) is 0.823. The largest absolute Gasteiger partial charge is 0.320 e. The van der Waals surface area contributed by atoms with Gasteiger partial charge in [-0.1, -0.05) is 11.3 Å². The molecule has 0 radical (unpaired) electrons. The molecular formula is C12H16N4S. The minimum absolute atomic E-state index is 0.956. The first-order valence-corrected chi connectivity index (χ1v) is 6.51. The SMILES string of the molecule is CNCCCc1nnc(-c2ccc(C)nc2)s1. The van der Waals surface area contributed by atoms with E-state index in [9.17, 15) is 0 Å². The lowest BCUT2D eigenvalue weighted by atomic mass is 10.3. The summed E-state index contributed by atoms with van der Waals surface area (Å²) in [6.45, 7) is 2.99. The maximum absolute atomic E-state index is 4.27. The average molecular weight is 248 g/mol. The highest BCUT2D eigenvalue weighted by atomic mass is 32.1. The fourth-order valence-electron chi connectivity index (χ4n) is 1.48. The summed E-state index contributed by atoms with van der Waals surface area (Å²) in [7, 11) is 1.96. The van der Waals surface area contributed by atoms with E-state index in [0.29, 0.717) is 0 Å². The van der Waals surface area contributed by atoms with Crippen LogP contribution < -0.4 is 5.32 Å². The van der Waals surface area contributed by atoms with Gasteiger partial charge in [0.05, 0.1) is 0 Å². The molecule has 2 aromatic rings. The van der Waals surface area contributed by atoms with Crippen LogP contribution in [0, 0.1) is 6.92 Å². The third-order valence-corrected chi connectivity index (χ3v) is 3.47. The fraction of sp³-hybridized carbons (Fsp3) is 0.417. The molecule has 0 aliphatic heterocycles. The Hall–Kier alpha value is -1.33. The summed E-state index contributed by atoms with van der Waals surface area (Å²) in [6.07, 6.45) is 3.93. The molecule has 0 unspecified atom stereocenters. The molecule has 2 rings (SSSR count). The molecule has 0 saturated heterocycles. The molecule has 0 aliphatic carbocycles. The number of nitrogens with zero attached hydrogens (tertiary/aromatic N) is 3. The predicted octanol–water partition coefficient (Wildman–Crippen LogP) is 2.06. The lowest BCUT2D eigenvalue weighted by Crippen LogP contribution is -2.08. The van der Waals surface area contributed by atoms with Gasteiger partial charge in [0.25, 0.3) is 0 Å². The smallest absolute Gasteiger partial charge is 0.149 e. The summed E-state index contributed by atoms with van der Waals surface area (Å²) in [4.78, 5) is 4.27. The van der Waals surface area contributed by atoms with Gasteiger partial charge in [-0.2, -0.15) is 0 Å². The van der Waals surface area contributed by atoms with Gasteiger partial charge in [-0.15, -0.1) is 10.2 Å². The third-order valence-electron chi connectivity index (χ3n) is 2.44. The first-order chi connectivity index (χ1) is 8.29. The molecule has 0 spiro atoms. The van der Waals surface area contributed by atoms with E-state index < -0.39 is 0 Å². The second-order valence-corrected chi connectivity index (χ2v) is 4.96. The summed E-state index contributed by atoms with van der Waals surface area (Å²) in [5.74, 6) is 0. The number of aromatic nitrogens is 3. The zero-order valence-corrected chi connectivity index (χ0v) is 10.9. The maximum atomic E-state index is 4.27. The van der Waals surface area contributed by atoms with E-state index in [1.54, 1.807) is 11.3 Å². The second-order valence-electron chi connectivity index (χ2n) is 3.90. The van der Waals surface area contributed by atoms with E-state index in [0.717, 1.165) is 40.7 Å². The topological polar surface area (TPSA) is 50.7 Å². The molecule has 2 aromatic heterocycles. The Morgan fingerprint density at radius 2 is 2.18 bits per heavy atom. The minimum Gasteiger partial charge on any atom is -0.320 e. The maximum Gasteiger partial charge on any atom is 0.149 e. The van der Waals surface area contributed by atoms with E-state index in [-0.39, 0.29) is 0 Å². The van der Waals surface area contributed by atoms with Gasteiger partial charge in [0.15, 0.2) is 0 Å². The van der Waals surface area contributed by atoms with Gasteiger partial charge in [0, 0.05) is 23.9 Å². The predicted molar refractivity (Wildman–Crippen MR) is 70.1 cm³/mol. The van der Waals surface area contributed by atoms with Gasteiger partial charge in [-0.3, -0.25) is 4.98 Å². The van der Waals surface area contributed by atoms with Crippen molar-refractivity contribution in [3.63, 3.8) is 0 Å². The molecular weight excluding hydrogens is 232 g/mol. The molecule has 17 heavy (non-hydrogen) atoms. The van der Waals surface area contributed by atoms with Gasteiger partial charge < -0.3 is 5.32 Å². The van der Waals surface area contributed by atoms with Crippen LogP contribution in [0.15, 0.2) is 18.3 Å². The van der Waals surface area contributed by atoms with Crippen LogP contribution in [0.25, 0.3) is 10.6 Å². The lowest BCUT2D eigenvalue weighted by molar-refractivity contribution is 0.718. The molecule has 0 bridgehead atoms. The van der Waals surface area contributed by atoms with Crippen LogP contribution in [0.2, 0.25) is 0 Å². The molecule has 5 heteroatoms. The zero-order chi connectivity index (χ0) is 12.1. The number of aryl methyl sites for hydroxylation is 2. The summed E-state index contributed by atoms with van der Waals surface area (Å²) < 4.78 is 0. The Bertz CT molecular complexity index is 464. The lowest BCUT2D eigenvalue weighted by Gasteiger charge is -1.95. The number of pyridine rings is 1.